The highest BCUT2D eigenvalue weighted by atomic mass is 35.5. The summed E-state index contributed by atoms with van der Waals surface area (Å²) in [4.78, 5) is 14.3. The van der Waals surface area contributed by atoms with Gasteiger partial charge in [-0.25, -0.2) is 4.79 Å². The smallest absolute Gasteiger partial charge is 0.336 e. The molecule has 1 aromatic heterocycles. The molecule has 144 valence electrons. The number of aliphatic hydroxyl groups excluding tert-OH is 1. The number of halogens is 2. The molecule has 5 nitrogen and oxygen atoms in total. The maximum absolute atomic E-state index is 12.0. The Bertz CT molecular complexity index is 855. The van der Waals surface area contributed by atoms with Crippen molar-refractivity contribution >= 4 is 35.8 Å². The van der Waals surface area contributed by atoms with Gasteiger partial charge in [0.2, 0.25) is 0 Å². The molecule has 4 rings (SSSR count). The molecule has 7 heteroatoms. The molecular formula is C19H26Cl2N2O3. The molecule has 0 unspecified atom stereocenters. The minimum absolute atomic E-state index is 0. The predicted molar refractivity (Wildman–Crippen MR) is 108 cm³/mol. The molecular weight excluding hydrogens is 375 g/mol. The molecule has 2 atom stereocenters. The lowest BCUT2D eigenvalue weighted by atomic mass is 9.82. The van der Waals surface area contributed by atoms with Gasteiger partial charge in [0.05, 0.1) is 6.61 Å². The Kier molecular flexibility index (Phi) is 6.41. The van der Waals surface area contributed by atoms with Crippen molar-refractivity contribution in [3.8, 4) is 0 Å². The number of benzene rings is 1. The molecule has 2 aromatic rings. The summed E-state index contributed by atoms with van der Waals surface area (Å²) in [5.74, 6) is 0.484. The van der Waals surface area contributed by atoms with Crippen LogP contribution in [0.2, 0.25) is 0 Å². The first kappa shape index (κ1) is 21.2. The number of rotatable bonds is 3. The van der Waals surface area contributed by atoms with Gasteiger partial charge >= 0.3 is 5.63 Å². The minimum atomic E-state index is -0.293. The van der Waals surface area contributed by atoms with Crippen molar-refractivity contribution in [3.05, 3.63) is 45.3 Å². The van der Waals surface area contributed by atoms with E-state index in [1.54, 1.807) is 6.07 Å². The van der Waals surface area contributed by atoms with Gasteiger partial charge in [0.1, 0.15) is 5.58 Å². The molecule has 1 aromatic carbocycles. The molecule has 2 fully saturated rings. The van der Waals surface area contributed by atoms with Crippen LogP contribution in [0.5, 0.6) is 0 Å². The number of nitrogens with zero attached hydrogens (tertiary/aromatic N) is 1. The van der Waals surface area contributed by atoms with Crippen molar-refractivity contribution in [2.45, 2.75) is 20.4 Å². The van der Waals surface area contributed by atoms with Crippen LogP contribution in [0.25, 0.3) is 11.0 Å². The quantitative estimate of drug-likeness (QED) is 0.773. The van der Waals surface area contributed by atoms with Gasteiger partial charge in [0, 0.05) is 43.0 Å². The second-order valence-electron chi connectivity index (χ2n) is 7.54. The molecule has 0 radical (unpaired) electrons. The van der Waals surface area contributed by atoms with E-state index >= 15 is 0 Å². The first-order valence-corrected chi connectivity index (χ1v) is 8.59. The van der Waals surface area contributed by atoms with E-state index in [4.69, 9.17) is 4.42 Å². The van der Waals surface area contributed by atoms with Crippen LogP contribution >= 0.6 is 24.8 Å². The van der Waals surface area contributed by atoms with Gasteiger partial charge in [0.15, 0.2) is 0 Å². The number of aliphatic hydroxyl groups is 1. The third kappa shape index (κ3) is 3.51. The van der Waals surface area contributed by atoms with Gasteiger partial charge in [-0.2, -0.15) is 0 Å². The van der Waals surface area contributed by atoms with Crippen molar-refractivity contribution in [2.75, 3.05) is 32.8 Å². The van der Waals surface area contributed by atoms with Crippen LogP contribution in [0.4, 0.5) is 0 Å². The monoisotopic (exact) mass is 400 g/mol. The number of likely N-dealkylation sites (tertiary alicyclic amines) is 1. The van der Waals surface area contributed by atoms with E-state index in [-0.39, 0.29) is 42.5 Å². The second kappa shape index (κ2) is 7.87. The first-order chi connectivity index (χ1) is 11.5. The number of hydrogen-bond acceptors (Lipinski definition) is 5. The van der Waals surface area contributed by atoms with Gasteiger partial charge < -0.3 is 14.8 Å². The van der Waals surface area contributed by atoms with E-state index in [9.17, 15) is 9.90 Å². The van der Waals surface area contributed by atoms with E-state index in [1.165, 1.54) is 5.56 Å². The highest BCUT2D eigenvalue weighted by Gasteiger charge is 2.49. The lowest BCUT2D eigenvalue weighted by molar-refractivity contribution is 0.124. The normalized spacial score (nSPS) is 25.0. The van der Waals surface area contributed by atoms with Gasteiger partial charge in [-0.05, 0) is 55.1 Å². The molecule has 2 saturated heterocycles. The highest BCUT2D eigenvalue weighted by molar-refractivity contribution is 5.85. The lowest BCUT2D eigenvalue weighted by Crippen LogP contribution is -2.35. The Morgan fingerprint density at radius 3 is 2.69 bits per heavy atom. The zero-order valence-electron chi connectivity index (χ0n) is 15.1. The number of nitrogens with one attached hydrogen (secondary N) is 1. The van der Waals surface area contributed by atoms with Gasteiger partial charge in [0.25, 0.3) is 0 Å². The Morgan fingerprint density at radius 2 is 2.00 bits per heavy atom. The van der Waals surface area contributed by atoms with Gasteiger partial charge in [-0.15, -0.1) is 24.8 Å². The highest BCUT2D eigenvalue weighted by Crippen LogP contribution is 2.39. The minimum Gasteiger partial charge on any atom is -0.423 e. The zero-order valence-corrected chi connectivity index (χ0v) is 16.7. The molecule has 0 spiro atoms. The Hall–Kier alpha value is -1.11. The van der Waals surface area contributed by atoms with Crippen LogP contribution < -0.4 is 10.9 Å². The second-order valence-corrected chi connectivity index (χ2v) is 7.54. The molecule has 2 aliphatic rings. The number of fused-ring (bicyclic) bond motifs is 2. The van der Waals surface area contributed by atoms with Crippen LogP contribution in [0, 0.1) is 25.2 Å². The Morgan fingerprint density at radius 1 is 1.27 bits per heavy atom. The summed E-state index contributed by atoms with van der Waals surface area (Å²) in [5, 5.41) is 14.3. The van der Waals surface area contributed by atoms with Gasteiger partial charge in [-0.1, -0.05) is 0 Å². The van der Waals surface area contributed by atoms with E-state index in [2.05, 4.69) is 23.2 Å². The number of hydrogen-bond donors (Lipinski definition) is 2. The summed E-state index contributed by atoms with van der Waals surface area (Å²) in [6, 6.07) is 5.69. The summed E-state index contributed by atoms with van der Waals surface area (Å²) in [6.07, 6.45) is 0. The average molecular weight is 401 g/mol. The van der Waals surface area contributed by atoms with Crippen molar-refractivity contribution < 1.29 is 9.52 Å². The van der Waals surface area contributed by atoms with E-state index in [0.717, 1.165) is 49.2 Å². The molecule has 0 bridgehead atoms. The fraction of sp³-hybridized carbons (Fsp3) is 0.526. The molecule has 0 saturated carbocycles. The first-order valence-electron chi connectivity index (χ1n) is 8.59. The summed E-state index contributed by atoms with van der Waals surface area (Å²) in [7, 11) is 0. The zero-order chi connectivity index (χ0) is 16.9. The van der Waals surface area contributed by atoms with Crippen LogP contribution in [0.1, 0.15) is 16.7 Å². The summed E-state index contributed by atoms with van der Waals surface area (Å²) in [5.41, 5.74) is 3.69. The standard InChI is InChI=1S/C19H24N2O3.2ClH/c1-12-3-16-14(5-18(23)24-17(16)4-13(12)2)7-21-8-15-6-20-9-19(15,10-21)11-22;;/h3-5,15,20,22H,6-11H2,1-2H3;2*1H/t15-,19+;;/m0../s1. The third-order valence-electron chi connectivity index (χ3n) is 5.90. The molecule has 0 amide bonds. The topological polar surface area (TPSA) is 65.7 Å². The van der Waals surface area contributed by atoms with Crippen molar-refractivity contribution in [1.82, 2.24) is 10.2 Å². The summed E-state index contributed by atoms with van der Waals surface area (Å²) < 4.78 is 5.39. The average Bonchev–Trinajstić information content (AvgIpc) is 3.06. The van der Waals surface area contributed by atoms with Crippen LogP contribution in [0.3, 0.4) is 0 Å². The summed E-state index contributed by atoms with van der Waals surface area (Å²) >= 11 is 0. The lowest BCUT2D eigenvalue weighted by Gasteiger charge is -2.25. The molecule has 2 aliphatic heterocycles. The number of aryl methyl sites for hydroxylation is 2. The van der Waals surface area contributed by atoms with E-state index < -0.39 is 0 Å². The largest absolute Gasteiger partial charge is 0.423 e. The maximum Gasteiger partial charge on any atom is 0.336 e. The van der Waals surface area contributed by atoms with Gasteiger partial charge in [-0.3, -0.25) is 4.90 Å². The van der Waals surface area contributed by atoms with Crippen molar-refractivity contribution in [1.29, 1.82) is 0 Å². The predicted octanol–water partition coefficient (Wildman–Crippen LogP) is 2.27. The van der Waals surface area contributed by atoms with Crippen LogP contribution in [-0.4, -0.2) is 42.8 Å². The molecule has 3 heterocycles. The summed E-state index contributed by atoms with van der Waals surface area (Å²) in [6.45, 7) is 8.72. The molecule has 2 N–H and O–H groups in total. The Balaban J connectivity index is 0.00000121. The SMILES string of the molecule is Cc1cc2oc(=O)cc(CN3C[C@@H]4CNC[C@]4(CO)C3)c2cc1C.Cl.Cl. The molecule has 26 heavy (non-hydrogen) atoms. The Labute approximate surface area is 165 Å². The van der Waals surface area contributed by atoms with Crippen molar-refractivity contribution in [2.24, 2.45) is 11.3 Å². The fourth-order valence-electron chi connectivity index (χ4n) is 4.33. The fourth-order valence-corrected chi connectivity index (χ4v) is 4.33. The maximum atomic E-state index is 12.0. The van der Waals surface area contributed by atoms with Crippen molar-refractivity contribution in [3.63, 3.8) is 0 Å². The van der Waals surface area contributed by atoms with Crippen LogP contribution in [0.15, 0.2) is 27.4 Å². The van der Waals surface area contributed by atoms with E-state index in [0.29, 0.717) is 11.5 Å². The van der Waals surface area contributed by atoms with Crippen LogP contribution in [-0.2, 0) is 6.54 Å². The third-order valence-corrected chi connectivity index (χ3v) is 5.90. The van der Waals surface area contributed by atoms with E-state index in [1.807, 2.05) is 13.0 Å². The molecule has 0 aliphatic carbocycles.